The molecule has 0 aromatic heterocycles. The first-order chi connectivity index (χ1) is 10.2. The smallest absolute Gasteiger partial charge is 0.138 e. The van der Waals surface area contributed by atoms with Crippen LogP contribution in [0.2, 0.25) is 0 Å². The van der Waals surface area contributed by atoms with Crippen molar-refractivity contribution in [3.05, 3.63) is 29.8 Å². The van der Waals surface area contributed by atoms with E-state index in [1.165, 1.54) is 24.8 Å². The molecular weight excluding hydrogens is 262 g/mol. The summed E-state index contributed by atoms with van der Waals surface area (Å²) in [5, 5.41) is 0. The number of nitrogens with two attached hydrogens (primary N) is 1. The van der Waals surface area contributed by atoms with Crippen molar-refractivity contribution in [2.24, 2.45) is 23.5 Å². The predicted molar refractivity (Wildman–Crippen MR) is 81.2 cm³/mol. The number of carbonyl (C=O) groups is 1. The van der Waals surface area contributed by atoms with Crippen LogP contribution in [-0.2, 0) is 4.79 Å². The van der Waals surface area contributed by atoms with Gasteiger partial charge in [-0.2, -0.15) is 0 Å². The molecule has 1 aromatic rings. The monoisotopic (exact) mass is 285 g/mol. The van der Waals surface area contributed by atoms with Crippen LogP contribution in [0.1, 0.15) is 43.6 Å². The van der Waals surface area contributed by atoms with Gasteiger partial charge in [0.05, 0.1) is 6.61 Å². The quantitative estimate of drug-likeness (QED) is 0.929. The molecule has 3 nitrogen and oxygen atoms in total. The lowest BCUT2D eigenvalue weighted by Gasteiger charge is -2.30. The summed E-state index contributed by atoms with van der Waals surface area (Å²) in [6, 6.07) is 8.26. The maximum Gasteiger partial charge on any atom is 0.138 e. The van der Waals surface area contributed by atoms with E-state index in [4.69, 9.17) is 10.5 Å². The van der Waals surface area contributed by atoms with Crippen LogP contribution < -0.4 is 10.5 Å². The average Bonchev–Trinajstić information content (AvgIpc) is 3.08. The van der Waals surface area contributed by atoms with Crippen molar-refractivity contribution in [1.82, 2.24) is 0 Å². The normalized spacial score (nSPS) is 37.1. The molecule has 2 aliphatic carbocycles. The van der Waals surface area contributed by atoms with Gasteiger partial charge in [-0.15, -0.1) is 0 Å². The highest BCUT2D eigenvalue weighted by Gasteiger charge is 2.49. The number of Topliss-reactive ketones (excluding diaryl/α,β-unsaturated/α-hetero) is 1. The first-order valence-electron chi connectivity index (χ1n) is 8.24. The molecule has 3 heteroatoms. The van der Waals surface area contributed by atoms with Gasteiger partial charge in [0, 0.05) is 18.4 Å². The van der Waals surface area contributed by atoms with E-state index >= 15 is 0 Å². The highest BCUT2D eigenvalue weighted by atomic mass is 16.5. The van der Waals surface area contributed by atoms with Crippen LogP contribution in [0.15, 0.2) is 24.3 Å². The molecule has 3 aliphatic rings. The standard InChI is InChI=1S/C18H23NO2/c19-18-13-6-5-12(9-13)17(18)15(20)10-11-7-8-21-16-4-2-1-3-14(11)16/h1-4,11-13,17-18H,5-10,19H2. The lowest BCUT2D eigenvalue weighted by atomic mass is 9.78. The Bertz CT molecular complexity index is 554. The third kappa shape index (κ3) is 2.18. The van der Waals surface area contributed by atoms with E-state index in [1.54, 1.807) is 0 Å². The SMILES string of the molecule is NC1C2CCC(C2)C1C(=O)CC1CCOc2ccccc21. The van der Waals surface area contributed by atoms with Crippen molar-refractivity contribution in [2.45, 2.75) is 44.1 Å². The van der Waals surface area contributed by atoms with Gasteiger partial charge in [0.2, 0.25) is 0 Å². The molecule has 1 heterocycles. The molecule has 1 aliphatic heterocycles. The molecule has 2 N–H and O–H groups in total. The minimum Gasteiger partial charge on any atom is -0.493 e. The first kappa shape index (κ1) is 13.3. The van der Waals surface area contributed by atoms with Crippen molar-refractivity contribution in [1.29, 1.82) is 0 Å². The van der Waals surface area contributed by atoms with Gasteiger partial charge in [0.25, 0.3) is 0 Å². The van der Waals surface area contributed by atoms with Crippen LogP contribution in [0.4, 0.5) is 0 Å². The van der Waals surface area contributed by atoms with E-state index in [-0.39, 0.29) is 12.0 Å². The van der Waals surface area contributed by atoms with Gasteiger partial charge in [-0.25, -0.2) is 0 Å². The van der Waals surface area contributed by atoms with E-state index < -0.39 is 0 Å². The van der Waals surface area contributed by atoms with Gasteiger partial charge in [-0.3, -0.25) is 4.79 Å². The first-order valence-corrected chi connectivity index (χ1v) is 8.24. The lowest BCUT2D eigenvalue weighted by Crippen LogP contribution is -2.40. The summed E-state index contributed by atoms with van der Waals surface area (Å²) in [5.41, 5.74) is 7.52. The Morgan fingerprint density at radius 1 is 1.19 bits per heavy atom. The molecule has 5 unspecified atom stereocenters. The fourth-order valence-electron chi connectivity index (χ4n) is 4.82. The summed E-state index contributed by atoms with van der Waals surface area (Å²) in [5.74, 6) is 2.96. The van der Waals surface area contributed by atoms with Gasteiger partial charge in [0.15, 0.2) is 0 Å². The number of ketones is 1. The molecule has 112 valence electrons. The highest BCUT2D eigenvalue weighted by molar-refractivity contribution is 5.83. The molecule has 21 heavy (non-hydrogen) atoms. The van der Waals surface area contributed by atoms with Crippen molar-refractivity contribution in [3.63, 3.8) is 0 Å². The number of hydrogen-bond donors (Lipinski definition) is 1. The number of carbonyl (C=O) groups excluding carboxylic acids is 1. The van der Waals surface area contributed by atoms with E-state index in [1.807, 2.05) is 18.2 Å². The molecule has 0 amide bonds. The molecule has 4 rings (SSSR count). The number of fused-ring (bicyclic) bond motifs is 3. The van der Waals surface area contributed by atoms with Crippen molar-refractivity contribution < 1.29 is 9.53 Å². The maximum absolute atomic E-state index is 12.8. The van der Waals surface area contributed by atoms with Gasteiger partial charge in [-0.05, 0) is 55.1 Å². The summed E-state index contributed by atoms with van der Waals surface area (Å²) in [4.78, 5) is 12.8. The zero-order valence-corrected chi connectivity index (χ0v) is 12.3. The zero-order valence-electron chi connectivity index (χ0n) is 12.3. The van der Waals surface area contributed by atoms with Gasteiger partial charge in [-0.1, -0.05) is 18.2 Å². The molecule has 1 aromatic carbocycles. The van der Waals surface area contributed by atoms with Gasteiger partial charge >= 0.3 is 0 Å². The lowest BCUT2D eigenvalue weighted by molar-refractivity contribution is -0.125. The maximum atomic E-state index is 12.8. The summed E-state index contributed by atoms with van der Waals surface area (Å²) in [6.07, 6.45) is 5.21. The van der Waals surface area contributed by atoms with Gasteiger partial charge < -0.3 is 10.5 Å². The highest BCUT2D eigenvalue weighted by Crippen LogP contribution is 2.49. The van der Waals surface area contributed by atoms with E-state index in [9.17, 15) is 4.79 Å². The number of para-hydroxylation sites is 1. The topological polar surface area (TPSA) is 52.3 Å². The molecule has 2 fully saturated rings. The summed E-state index contributed by atoms with van der Waals surface area (Å²) in [7, 11) is 0. The predicted octanol–water partition coefficient (Wildman–Crippen LogP) is 2.89. The van der Waals surface area contributed by atoms with Crippen LogP contribution >= 0.6 is 0 Å². The van der Waals surface area contributed by atoms with Crippen LogP contribution in [0.5, 0.6) is 5.75 Å². The second-order valence-electron chi connectivity index (χ2n) is 6.98. The molecule has 2 saturated carbocycles. The second-order valence-corrected chi connectivity index (χ2v) is 6.98. The molecule has 2 bridgehead atoms. The fourth-order valence-corrected chi connectivity index (χ4v) is 4.82. The Balaban J connectivity index is 1.51. The van der Waals surface area contributed by atoms with Crippen molar-refractivity contribution >= 4 is 5.78 Å². The van der Waals surface area contributed by atoms with Gasteiger partial charge in [0.1, 0.15) is 11.5 Å². The third-order valence-electron chi connectivity index (χ3n) is 5.88. The van der Waals surface area contributed by atoms with Crippen LogP contribution in [0, 0.1) is 17.8 Å². The molecule has 5 atom stereocenters. The van der Waals surface area contributed by atoms with Crippen LogP contribution in [-0.4, -0.2) is 18.4 Å². The minimum absolute atomic E-state index is 0.117. The Hall–Kier alpha value is -1.35. The number of rotatable bonds is 3. The Labute approximate surface area is 125 Å². The summed E-state index contributed by atoms with van der Waals surface area (Å²) in [6.45, 7) is 0.720. The Kier molecular flexibility index (Phi) is 3.26. The van der Waals surface area contributed by atoms with Crippen molar-refractivity contribution in [3.8, 4) is 5.75 Å². The average molecular weight is 285 g/mol. The largest absolute Gasteiger partial charge is 0.493 e. The van der Waals surface area contributed by atoms with Crippen LogP contribution in [0.3, 0.4) is 0 Å². The molecule has 0 saturated heterocycles. The molecular formula is C18H23NO2. The Morgan fingerprint density at radius 3 is 2.81 bits per heavy atom. The summed E-state index contributed by atoms with van der Waals surface area (Å²) < 4.78 is 5.70. The Morgan fingerprint density at radius 2 is 2.00 bits per heavy atom. The second kappa shape index (κ2) is 5.13. The third-order valence-corrected chi connectivity index (χ3v) is 5.88. The number of hydrogen-bond acceptors (Lipinski definition) is 3. The fraction of sp³-hybridized carbons (Fsp3) is 0.611. The van der Waals surface area contributed by atoms with E-state index in [0.29, 0.717) is 30.0 Å². The van der Waals surface area contributed by atoms with Crippen LogP contribution in [0.25, 0.3) is 0 Å². The van der Waals surface area contributed by atoms with E-state index in [0.717, 1.165) is 18.8 Å². The molecule has 0 radical (unpaired) electrons. The van der Waals surface area contributed by atoms with Crippen molar-refractivity contribution in [2.75, 3.05) is 6.61 Å². The zero-order chi connectivity index (χ0) is 14.4. The molecule has 0 spiro atoms. The minimum atomic E-state index is 0.117. The van der Waals surface area contributed by atoms with E-state index in [2.05, 4.69) is 6.07 Å². The number of benzene rings is 1. The summed E-state index contributed by atoms with van der Waals surface area (Å²) >= 11 is 0. The number of ether oxygens (including phenoxy) is 1.